The fourth-order valence-electron chi connectivity index (χ4n) is 2.92. The highest BCUT2D eigenvalue weighted by atomic mass is 79.9. The summed E-state index contributed by atoms with van der Waals surface area (Å²) in [5.74, 6) is -0.524. The minimum absolute atomic E-state index is 0.135. The van der Waals surface area contributed by atoms with E-state index in [2.05, 4.69) is 21.0 Å². The van der Waals surface area contributed by atoms with Gasteiger partial charge in [-0.15, -0.1) is 5.10 Å². The van der Waals surface area contributed by atoms with Crippen LogP contribution in [0.25, 0.3) is 5.69 Å². The lowest BCUT2D eigenvalue weighted by Gasteiger charge is -2.08. The van der Waals surface area contributed by atoms with Crippen molar-refractivity contribution >= 4 is 21.9 Å². The van der Waals surface area contributed by atoms with Crippen molar-refractivity contribution in [2.75, 3.05) is 0 Å². The molecule has 7 nitrogen and oxygen atoms in total. The van der Waals surface area contributed by atoms with Crippen LogP contribution in [-0.4, -0.2) is 25.4 Å². The van der Waals surface area contributed by atoms with E-state index >= 15 is 0 Å². The van der Waals surface area contributed by atoms with Crippen molar-refractivity contribution in [3.63, 3.8) is 0 Å². The third-order valence-corrected chi connectivity index (χ3v) is 5.00. The van der Waals surface area contributed by atoms with Crippen LogP contribution in [0, 0.1) is 6.92 Å². The summed E-state index contributed by atoms with van der Waals surface area (Å²) in [6.45, 7) is 4.68. The van der Waals surface area contributed by atoms with Gasteiger partial charge in [0.2, 0.25) is 0 Å². The third kappa shape index (κ3) is 4.07. The first-order valence-electron chi connectivity index (χ1n) is 8.76. The van der Waals surface area contributed by atoms with Gasteiger partial charge in [0, 0.05) is 11.0 Å². The zero-order valence-corrected chi connectivity index (χ0v) is 17.1. The maximum absolute atomic E-state index is 12.8. The van der Waals surface area contributed by atoms with E-state index in [1.165, 1.54) is 10.7 Å². The van der Waals surface area contributed by atoms with Gasteiger partial charge in [-0.3, -0.25) is 4.57 Å². The molecular weight excluding hydrogens is 426 g/mol. The number of carbonyl (C=O) groups is 1. The predicted octanol–water partition coefficient (Wildman–Crippen LogP) is 3.54. The van der Waals surface area contributed by atoms with Gasteiger partial charge >= 0.3 is 11.7 Å². The number of hydrogen-bond donors (Lipinski definition) is 1. The molecule has 146 valence electrons. The number of rotatable bonds is 7. The number of hydrogen-bond acceptors (Lipinski definition) is 4. The van der Waals surface area contributed by atoms with Crippen molar-refractivity contribution < 1.29 is 14.6 Å². The first kappa shape index (κ1) is 20.0. The highest BCUT2D eigenvalue weighted by Crippen LogP contribution is 2.24. The Balaban J connectivity index is 1.90. The molecule has 3 aromatic rings. The van der Waals surface area contributed by atoms with Crippen LogP contribution < -0.4 is 5.69 Å². The number of ether oxygens (including phenoxy) is 1. The zero-order valence-electron chi connectivity index (χ0n) is 15.6. The standard InChI is InChI=1S/C20H20BrN3O4/c1-3-23-18(12-28-11-14-7-5-4-6-8-14)22-24(20(23)27)17-10-16(21)15(19(25)26)9-13(17)2/h4-10H,3,11-12H2,1-2H3,(H,25,26). The number of aryl methyl sites for hydroxylation is 1. The molecule has 0 aliphatic rings. The zero-order chi connectivity index (χ0) is 20.3. The van der Waals surface area contributed by atoms with E-state index in [9.17, 15) is 14.7 Å². The molecule has 1 aromatic heterocycles. The first-order valence-corrected chi connectivity index (χ1v) is 9.56. The molecule has 0 bridgehead atoms. The number of aromatic nitrogens is 3. The molecule has 0 spiro atoms. The van der Waals surface area contributed by atoms with Gasteiger partial charge < -0.3 is 9.84 Å². The lowest BCUT2D eigenvalue weighted by atomic mass is 10.1. The normalized spacial score (nSPS) is 11.0. The summed E-state index contributed by atoms with van der Waals surface area (Å²) in [5.41, 5.74) is 2.05. The Morgan fingerprint density at radius 2 is 1.93 bits per heavy atom. The number of nitrogens with zero attached hydrogens (tertiary/aromatic N) is 3. The Morgan fingerprint density at radius 3 is 2.57 bits per heavy atom. The molecule has 1 heterocycles. The molecule has 0 radical (unpaired) electrons. The minimum Gasteiger partial charge on any atom is -0.478 e. The molecular formula is C20H20BrN3O4. The molecule has 0 fully saturated rings. The smallest absolute Gasteiger partial charge is 0.350 e. The van der Waals surface area contributed by atoms with Crippen LogP contribution in [0.15, 0.2) is 51.7 Å². The largest absolute Gasteiger partial charge is 0.478 e. The summed E-state index contributed by atoms with van der Waals surface area (Å²) in [7, 11) is 0. The van der Waals surface area contributed by atoms with Gasteiger partial charge in [-0.25, -0.2) is 9.59 Å². The number of carboxylic acids is 1. The Hall–Kier alpha value is -2.71. The van der Waals surface area contributed by atoms with Crippen molar-refractivity contribution in [3.05, 3.63) is 79.9 Å². The van der Waals surface area contributed by atoms with E-state index in [-0.39, 0.29) is 17.9 Å². The summed E-state index contributed by atoms with van der Waals surface area (Å²) in [5, 5.41) is 13.7. The monoisotopic (exact) mass is 445 g/mol. The van der Waals surface area contributed by atoms with E-state index in [0.717, 1.165) is 5.56 Å². The molecule has 0 aliphatic heterocycles. The first-order chi connectivity index (χ1) is 13.4. The Kier molecular flexibility index (Phi) is 6.11. The van der Waals surface area contributed by atoms with E-state index in [1.807, 2.05) is 37.3 Å². The Labute approximate surface area is 170 Å². The molecule has 0 aliphatic carbocycles. The van der Waals surface area contributed by atoms with Gasteiger partial charge in [0.15, 0.2) is 5.82 Å². The Bertz CT molecular complexity index is 1060. The van der Waals surface area contributed by atoms with Crippen LogP contribution in [0.1, 0.15) is 34.2 Å². The van der Waals surface area contributed by atoms with Gasteiger partial charge in [0.1, 0.15) is 6.61 Å². The minimum atomic E-state index is -1.04. The van der Waals surface area contributed by atoms with Gasteiger partial charge in [-0.1, -0.05) is 30.3 Å². The highest BCUT2D eigenvalue weighted by Gasteiger charge is 2.18. The number of benzene rings is 2. The fraction of sp³-hybridized carbons (Fsp3) is 0.250. The number of carboxylic acid groups (broad SMARTS) is 1. The second-order valence-electron chi connectivity index (χ2n) is 6.26. The highest BCUT2D eigenvalue weighted by molar-refractivity contribution is 9.10. The molecule has 0 saturated carbocycles. The van der Waals surface area contributed by atoms with Gasteiger partial charge in [0.05, 0.1) is 17.9 Å². The maximum Gasteiger partial charge on any atom is 0.350 e. The SMILES string of the molecule is CCn1c(COCc2ccccc2)nn(-c2cc(Br)c(C(=O)O)cc2C)c1=O. The fourth-order valence-corrected chi connectivity index (χ4v) is 3.42. The van der Waals surface area contributed by atoms with Crippen LogP contribution in [-0.2, 0) is 24.5 Å². The second kappa shape index (κ2) is 8.53. The lowest BCUT2D eigenvalue weighted by Crippen LogP contribution is -2.24. The Morgan fingerprint density at radius 1 is 1.21 bits per heavy atom. The van der Waals surface area contributed by atoms with Crippen molar-refractivity contribution in [2.45, 2.75) is 33.6 Å². The number of halogens is 1. The summed E-state index contributed by atoms with van der Waals surface area (Å²) in [6, 6.07) is 12.9. The van der Waals surface area contributed by atoms with Crippen LogP contribution in [0.3, 0.4) is 0 Å². The van der Waals surface area contributed by atoms with E-state index in [0.29, 0.717) is 34.7 Å². The van der Waals surface area contributed by atoms with Crippen LogP contribution in [0.2, 0.25) is 0 Å². The maximum atomic E-state index is 12.8. The predicted molar refractivity (Wildman–Crippen MR) is 108 cm³/mol. The number of aromatic carboxylic acids is 1. The van der Waals surface area contributed by atoms with E-state index in [4.69, 9.17) is 4.74 Å². The average molecular weight is 446 g/mol. The third-order valence-electron chi connectivity index (χ3n) is 4.34. The van der Waals surface area contributed by atoms with Crippen molar-refractivity contribution in [3.8, 4) is 5.69 Å². The topological polar surface area (TPSA) is 86.3 Å². The average Bonchev–Trinajstić information content (AvgIpc) is 2.99. The van der Waals surface area contributed by atoms with Gasteiger partial charge in [-0.05, 0) is 53.0 Å². The van der Waals surface area contributed by atoms with Gasteiger partial charge in [0.25, 0.3) is 0 Å². The van der Waals surface area contributed by atoms with E-state index in [1.54, 1.807) is 17.6 Å². The van der Waals surface area contributed by atoms with Crippen molar-refractivity contribution in [1.29, 1.82) is 0 Å². The van der Waals surface area contributed by atoms with Crippen LogP contribution >= 0.6 is 15.9 Å². The second-order valence-corrected chi connectivity index (χ2v) is 7.11. The molecule has 0 atom stereocenters. The molecule has 28 heavy (non-hydrogen) atoms. The molecule has 0 saturated heterocycles. The molecule has 0 amide bonds. The van der Waals surface area contributed by atoms with Crippen molar-refractivity contribution in [2.24, 2.45) is 0 Å². The summed E-state index contributed by atoms with van der Waals surface area (Å²) >= 11 is 3.26. The molecule has 1 N–H and O–H groups in total. The molecule has 0 unspecified atom stereocenters. The molecule has 8 heteroatoms. The lowest BCUT2D eigenvalue weighted by molar-refractivity contribution is 0.0696. The summed E-state index contributed by atoms with van der Waals surface area (Å²) in [4.78, 5) is 24.1. The van der Waals surface area contributed by atoms with Crippen LogP contribution in [0.5, 0.6) is 0 Å². The van der Waals surface area contributed by atoms with Crippen molar-refractivity contribution in [1.82, 2.24) is 14.3 Å². The van der Waals surface area contributed by atoms with Gasteiger partial charge in [-0.2, -0.15) is 4.68 Å². The summed E-state index contributed by atoms with van der Waals surface area (Å²) in [6.07, 6.45) is 0. The van der Waals surface area contributed by atoms with E-state index < -0.39 is 5.97 Å². The van der Waals surface area contributed by atoms with Crippen LogP contribution in [0.4, 0.5) is 0 Å². The molecule has 3 rings (SSSR count). The quantitative estimate of drug-likeness (QED) is 0.600. The molecule has 2 aromatic carbocycles. The summed E-state index contributed by atoms with van der Waals surface area (Å²) < 4.78 is 8.96.